The van der Waals surface area contributed by atoms with E-state index in [0.717, 1.165) is 23.8 Å². The minimum atomic E-state index is -4.53. The Labute approximate surface area is 275 Å². The molecule has 3 aromatic carbocycles. The van der Waals surface area contributed by atoms with Gasteiger partial charge in [-0.1, -0.05) is 60.5 Å². The largest absolute Gasteiger partial charge is 3.00 e. The second kappa shape index (κ2) is 14.6. The molecule has 10 heteroatoms. The number of pyridine rings is 3. The Morgan fingerprint density at radius 2 is 1.11 bits per heavy atom. The van der Waals surface area contributed by atoms with Gasteiger partial charge in [-0.25, -0.2) is 0 Å². The molecule has 0 bridgehead atoms. The van der Waals surface area contributed by atoms with Gasteiger partial charge in [0.1, 0.15) is 0 Å². The third-order valence-corrected chi connectivity index (χ3v) is 6.52. The van der Waals surface area contributed by atoms with E-state index in [1.54, 1.807) is 67.0 Å². The van der Waals surface area contributed by atoms with E-state index in [-0.39, 0.29) is 31.4 Å². The number of aromatic nitrogens is 3. The fraction of sp³-hybridized carbons (Fsp3) is 0.0833. The van der Waals surface area contributed by atoms with Crippen LogP contribution in [-0.2, 0) is 32.5 Å². The summed E-state index contributed by atoms with van der Waals surface area (Å²) in [5, 5.41) is 0. The summed E-state index contributed by atoms with van der Waals surface area (Å²) in [5.41, 5.74) is 3.09. The standard InChI is InChI=1S/C24H15F3N2.C12H7F3N.Ir/c1-16-8-10-17(11-9-16)22-6-4-7-23(29-22)19-15-18(21-5-2-3-14-28-21)12-13-20(19)24(25,26)27;13-12(14,15)10-6-4-9(5-7-10)11-3-1-2-8-16-11;/h2-10,12-14H,1H3;1-4,6-8H;/q-2;-1;+3. The molecule has 0 spiro atoms. The number of alkyl halides is 6. The Morgan fingerprint density at radius 1 is 0.543 bits per heavy atom. The molecule has 3 nitrogen and oxygen atoms in total. The van der Waals surface area contributed by atoms with Gasteiger partial charge in [0.05, 0.1) is 0 Å². The van der Waals surface area contributed by atoms with Crippen molar-refractivity contribution >= 4 is 0 Å². The van der Waals surface area contributed by atoms with Crippen LogP contribution in [-0.4, -0.2) is 15.0 Å². The summed E-state index contributed by atoms with van der Waals surface area (Å²) in [6, 6.07) is 35.4. The Balaban J connectivity index is 0.000000240. The van der Waals surface area contributed by atoms with Gasteiger partial charge < -0.3 is 9.97 Å². The molecule has 0 aliphatic rings. The van der Waals surface area contributed by atoms with Gasteiger partial charge in [0.15, 0.2) is 0 Å². The van der Waals surface area contributed by atoms with Crippen molar-refractivity contribution in [1.82, 2.24) is 15.0 Å². The Hall–Kier alpha value is -4.66. The maximum absolute atomic E-state index is 13.7. The number of hydrogen-bond acceptors (Lipinski definition) is 3. The maximum Gasteiger partial charge on any atom is 3.00 e. The quantitative estimate of drug-likeness (QED) is 0.132. The first-order valence-electron chi connectivity index (χ1n) is 13.5. The van der Waals surface area contributed by atoms with E-state index in [1.165, 1.54) is 12.1 Å². The Kier molecular flexibility index (Phi) is 10.9. The summed E-state index contributed by atoms with van der Waals surface area (Å²) in [5.74, 6) is 0. The summed E-state index contributed by atoms with van der Waals surface area (Å²) in [6.07, 6.45) is -5.67. The fourth-order valence-corrected chi connectivity index (χ4v) is 4.27. The first-order chi connectivity index (χ1) is 21.5. The molecule has 3 heterocycles. The van der Waals surface area contributed by atoms with Gasteiger partial charge in [0.25, 0.3) is 0 Å². The van der Waals surface area contributed by atoms with Crippen LogP contribution in [0, 0.1) is 25.1 Å². The van der Waals surface area contributed by atoms with Crippen LogP contribution in [0.25, 0.3) is 45.0 Å². The molecule has 0 amide bonds. The van der Waals surface area contributed by atoms with Crippen LogP contribution >= 0.6 is 0 Å². The van der Waals surface area contributed by atoms with Crippen molar-refractivity contribution in [2.75, 3.05) is 0 Å². The molecule has 6 aromatic rings. The Bertz CT molecular complexity index is 1860. The summed E-state index contributed by atoms with van der Waals surface area (Å²) in [7, 11) is 0. The van der Waals surface area contributed by atoms with Gasteiger partial charge in [0.2, 0.25) is 0 Å². The predicted molar refractivity (Wildman–Crippen MR) is 159 cm³/mol. The summed E-state index contributed by atoms with van der Waals surface area (Å²) < 4.78 is 77.9. The van der Waals surface area contributed by atoms with Gasteiger partial charge >= 0.3 is 32.5 Å². The minimum Gasteiger partial charge on any atom is -0.335 e. The molecule has 0 atom stereocenters. The smallest absolute Gasteiger partial charge is 0.335 e. The molecule has 0 saturated carbocycles. The molecule has 0 aliphatic heterocycles. The van der Waals surface area contributed by atoms with Crippen molar-refractivity contribution in [3.8, 4) is 45.0 Å². The maximum atomic E-state index is 13.7. The first-order valence-corrected chi connectivity index (χ1v) is 13.5. The summed E-state index contributed by atoms with van der Waals surface area (Å²) in [6.45, 7) is 1.94. The molecule has 0 fully saturated rings. The van der Waals surface area contributed by atoms with Crippen LogP contribution in [0.4, 0.5) is 26.3 Å². The van der Waals surface area contributed by atoms with Crippen LogP contribution in [0.15, 0.2) is 116 Å². The van der Waals surface area contributed by atoms with Crippen molar-refractivity contribution in [2.24, 2.45) is 0 Å². The van der Waals surface area contributed by atoms with Crippen LogP contribution in [0.2, 0.25) is 0 Å². The van der Waals surface area contributed by atoms with Crippen molar-refractivity contribution in [3.05, 3.63) is 150 Å². The van der Waals surface area contributed by atoms with Gasteiger partial charge in [-0.15, -0.1) is 83.4 Å². The zero-order valence-corrected chi connectivity index (χ0v) is 26.3. The molecule has 0 unspecified atom stereocenters. The predicted octanol–water partition coefficient (Wildman–Crippen LogP) is 9.97. The van der Waals surface area contributed by atoms with Crippen molar-refractivity contribution in [2.45, 2.75) is 19.3 Å². The second-order valence-corrected chi connectivity index (χ2v) is 9.76. The van der Waals surface area contributed by atoms with E-state index in [0.29, 0.717) is 33.8 Å². The number of halogens is 6. The second-order valence-electron chi connectivity index (χ2n) is 9.76. The SMILES string of the molecule is Cc1c[c-]c(-c2cccc(-c3[c-]c(-c4ccccn4)ccc3C(F)(F)F)n2)cc1.FC(F)(F)c1c[c-]c(-c2ccccn2)cc1.[Ir+3]. The summed E-state index contributed by atoms with van der Waals surface area (Å²) >= 11 is 0. The zero-order chi connectivity index (χ0) is 32.0. The number of rotatable bonds is 4. The molecular formula is C36H22F6IrN3. The molecule has 232 valence electrons. The molecule has 0 aliphatic carbocycles. The topological polar surface area (TPSA) is 38.7 Å². The Morgan fingerprint density at radius 3 is 1.65 bits per heavy atom. The molecule has 6 rings (SSSR count). The van der Waals surface area contributed by atoms with Crippen LogP contribution < -0.4 is 0 Å². The van der Waals surface area contributed by atoms with Gasteiger partial charge in [-0.05, 0) is 40.3 Å². The zero-order valence-electron chi connectivity index (χ0n) is 23.9. The van der Waals surface area contributed by atoms with E-state index in [9.17, 15) is 26.3 Å². The normalized spacial score (nSPS) is 11.2. The van der Waals surface area contributed by atoms with E-state index in [2.05, 4.69) is 33.2 Å². The van der Waals surface area contributed by atoms with E-state index in [4.69, 9.17) is 0 Å². The van der Waals surface area contributed by atoms with Gasteiger partial charge in [-0.2, -0.15) is 26.3 Å². The fourth-order valence-electron chi connectivity index (χ4n) is 4.27. The third kappa shape index (κ3) is 8.53. The van der Waals surface area contributed by atoms with Gasteiger partial charge in [-0.3, -0.25) is 4.98 Å². The van der Waals surface area contributed by atoms with E-state index in [1.807, 2.05) is 25.1 Å². The van der Waals surface area contributed by atoms with Crippen LogP contribution in [0.5, 0.6) is 0 Å². The number of aryl methyl sites for hydroxylation is 1. The van der Waals surface area contributed by atoms with Crippen LogP contribution in [0.1, 0.15) is 16.7 Å². The van der Waals surface area contributed by atoms with Crippen molar-refractivity contribution in [1.29, 1.82) is 0 Å². The number of hydrogen-bond donors (Lipinski definition) is 0. The average Bonchev–Trinajstić information content (AvgIpc) is 3.05. The molecule has 0 saturated heterocycles. The monoisotopic (exact) mass is 803 g/mol. The number of nitrogens with zero attached hydrogens (tertiary/aromatic N) is 3. The van der Waals surface area contributed by atoms with Crippen molar-refractivity contribution < 1.29 is 46.4 Å². The molecule has 0 radical (unpaired) electrons. The molecule has 46 heavy (non-hydrogen) atoms. The molecular weight excluding hydrogens is 781 g/mol. The first kappa shape index (κ1) is 34.2. The third-order valence-electron chi connectivity index (χ3n) is 6.52. The minimum absolute atomic E-state index is 0. The van der Waals surface area contributed by atoms with Crippen molar-refractivity contribution in [3.63, 3.8) is 0 Å². The summed E-state index contributed by atoms with van der Waals surface area (Å²) in [4.78, 5) is 12.7. The number of benzene rings is 3. The van der Waals surface area contributed by atoms with E-state index >= 15 is 0 Å². The molecule has 3 aromatic heterocycles. The average molecular weight is 803 g/mol. The van der Waals surface area contributed by atoms with Gasteiger partial charge in [0, 0.05) is 18.1 Å². The van der Waals surface area contributed by atoms with E-state index < -0.39 is 23.5 Å². The molecule has 0 N–H and O–H groups in total. The van der Waals surface area contributed by atoms with Crippen LogP contribution in [0.3, 0.4) is 0 Å².